The maximum Gasteiger partial charge on any atom is 0.264 e. The summed E-state index contributed by atoms with van der Waals surface area (Å²) >= 11 is 1.24. The number of nitrogens with one attached hydrogen (secondary N) is 1. The van der Waals surface area contributed by atoms with E-state index in [2.05, 4.69) is 11.4 Å². The molecule has 5 nitrogen and oxygen atoms in total. The van der Waals surface area contributed by atoms with Crippen LogP contribution in [0.5, 0.6) is 0 Å². The van der Waals surface area contributed by atoms with Crippen LogP contribution in [-0.4, -0.2) is 29.8 Å². The fourth-order valence-electron chi connectivity index (χ4n) is 4.37. The average molecular weight is 359 g/mol. The summed E-state index contributed by atoms with van der Waals surface area (Å²) in [5, 5.41) is 13.0. The normalized spacial score (nSPS) is 24.2. The lowest BCUT2D eigenvalue weighted by Crippen LogP contribution is -2.30. The molecule has 0 saturated heterocycles. The van der Waals surface area contributed by atoms with Crippen LogP contribution in [-0.2, 0) is 4.79 Å². The van der Waals surface area contributed by atoms with Crippen molar-refractivity contribution in [1.82, 2.24) is 4.90 Å². The van der Waals surface area contributed by atoms with Gasteiger partial charge in [-0.25, -0.2) is 0 Å². The third kappa shape index (κ3) is 3.18. The number of anilines is 1. The SMILES string of the molecule is CCN(CC)C(=O)c1sc(NC(=O)C2CC3CCC2C3)c(C#N)c1C. The molecule has 0 aromatic carbocycles. The van der Waals surface area contributed by atoms with E-state index in [-0.39, 0.29) is 17.7 Å². The van der Waals surface area contributed by atoms with E-state index >= 15 is 0 Å². The van der Waals surface area contributed by atoms with Gasteiger partial charge in [0.2, 0.25) is 5.91 Å². The molecule has 0 aliphatic heterocycles. The van der Waals surface area contributed by atoms with Gasteiger partial charge >= 0.3 is 0 Å². The Morgan fingerprint density at radius 2 is 2.00 bits per heavy atom. The number of amides is 2. The molecule has 0 spiro atoms. The summed E-state index contributed by atoms with van der Waals surface area (Å²) in [6.45, 7) is 6.92. The Morgan fingerprint density at radius 3 is 2.52 bits per heavy atom. The van der Waals surface area contributed by atoms with Crippen molar-refractivity contribution in [1.29, 1.82) is 5.26 Å². The summed E-state index contributed by atoms with van der Waals surface area (Å²) in [6, 6.07) is 2.17. The number of rotatable bonds is 5. The van der Waals surface area contributed by atoms with Crippen LogP contribution in [0.3, 0.4) is 0 Å². The second kappa shape index (κ2) is 7.17. The molecule has 3 rings (SSSR count). The molecule has 1 heterocycles. The highest BCUT2D eigenvalue weighted by Gasteiger charge is 2.43. The van der Waals surface area contributed by atoms with E-state index in [4.69, 9.17) is 0 Å². The number of nitriles is 1. The van der Waals surface area contributed by atoms with Gasteiger partial charge < -0.3 is 10.2 Å². The topological polar surface area (TPSA) is 73.2 Å². The summed E-state index contributed by atoms with van der Waals surface area (Å²) in [7, 11) is 0. The second-order valence-corrected chi connectivity index (χ2v) is 8.14. The number of hydrogen-bond donors (Lipinski definition) is 1. The number of fused-ring (bicyclic) bond motifs is 2. The lowest BCUT2D eigenvalue weighted by molar-refractivity contribution is -0.121. The lowest BCUT2D eigenvalue weighted by Gasteiger charge is -2.20. The van der Waals surface area contributed by atoms with E-state index < -0.39 is 0 Å². The van der Waals surface area contributed by atoms with Crippen LogP contribution in [0.2, 0.25) is 0 Å². The summed E-state index contributed by atoms with van der Waals surface area (Å²) in [6.07, 6.45) is 4.52. The average Bonchev–Trinajstić information content (AvgIpc) is 3.30. The Morgan fingerprint density at radius 1 is 1.28 bits per heavy atom. The molecule has 1 aromatic rings. The van der Waals surface area contributed by atoms with Gasteiger partial charge in [-0.1, -0.05) is 6.42 Å². The minimum Gasteiger partial charge on any atom is -0.338 e. The van der Waals surface area contributed by atoms with Crippen LogP contribution in [0.15, 0.2) is 0 Å². The molecule has 1 aromatic heterocycles. The number of hydrogen-bond acceptors (Lipinski definition) is 4. The minimum absolute atomic E-state index is 0.0202. The predicted octanol–water partition coefficient (Wildman–Crippen LogP) is 3.78. The van der Waals surface area contributed by atoms with E-state index in [1.54, 1.807) is 11.8 Å². The Hall–Kier alpha value is -1.87. The molecule has 3 unspecified atom stereocenters. The second-order valence-electron chi connectivity index (χ2n) is 7.12. The lowest BCUT2D eigenvalue weighted by atomic mass is 9.88. The maximum atomic E-state index is 12.7. The van der Waals surface area contributed by atoms with Gasteiger partial charge in [0.15, 0.2) is 0 Å². The minimum atomic E-state index is -0.0653. The van der Waals surface area contributed by atoms with Crippen molar-refractivity contribution >= 4 is 28.2 Å². The van der Waals surface area contributed by atoms with Crippen molar-refractivity contribution in [3.05, 3.63) is 16.0 Å². The molecule has 134 valence electrons. The Bertz CT molecular complexity index is 730. The first-order valence-corrected chi connectivity index (χ1v) is 9.95. The van der Waals surface area contributed by atoms with Crippen LogP contribution in [0, 0.1) is 36.0 Å². The number of thiophene rings is 1. The highest BCUT2D eigenvalue weighted by Crippen LogP contribution is 2.49. The highest BCUT2D eigenvalue weighted by molar-refractivity contribution is 7.18. The van der Waals surface area contributed by atoms with Crippen LogP contribution in [0.4, 0.5) is 5.00 Å². The molecule has 3 atom stereocenters. The number of nitrogens with zero attached hydrogens (tertiary/aromatic N) is 2. The molecule has 1 N–H and O–H groups in total. The van der Waals surface area contributed by atoms with Crippen LogP contribution in [0.1, 0.15) is 60.3 Å². The van der Waals surface area contributed by atoms with Gasteiger partial charge in [0.05, 0.1) is 10.4 Å². The van der Waals surface area contributed by atoms with Crippen molar-refractivity contribution < 1.29 is 9.59 Å². The number of carbonyl (C=O) groups is 2. The maximum absolute atomic E-state index is 12.7. The molecule has 2 saturated carbocycles. The first kappa shape index (κ1) is 17.9. The van der Waals surface area contributed by atoms with Crippen molar-refractivity contribution in [3.8, 4) is 6.07 Å². The molecule has 2 amide bonds. The van der Waals surface area contributed by atoms with Gasteiger partial charge in [0.25, 0.3) is 5.91 Å². The van der Waals surface area contributed by atoms with Crippen LogP contribution < -0.4 is 5.32 Å². The molecule has 6 heteroatoms. The zero-order valence-electron chi connectivity index (χ0n) is 15.1. The van der Waals surface area contributed by atoms with Crippen LogP contribution in [0.25, 0.3) is 0 Å². The third-order valence-electron chi connectivity index (χ3n) is 5.82. The molecule has 25 heavy (non-hydrogen) atoms. The molecule has 2 aliphatic carbocycles. The Balaban J connectivity index is 1.82. The summed E-state index contributed by atoms with van der Waals surface area (Å²) in [4.78, 5) is 27.7. The van der Waals surface area contributed by atoms with Crippen LogP contribution >= 0.6 is 11.3 Å². The van der Waals surface area contributed by atoms with E-state index in [0.717, 1.165) is 12.8 Å². The molecular weight excluding hydrogens is 334 g/mol. The van der Waals surface area contributed by atoms with Gasteiger partial charge in [0, 0.05) is 19.0 Å². The molecule has 0 radical (unpaired) electrons. The van der Waals surface area contributed by atoms with Crippen molar-refractivity contribution in [3.63, 3.8) is 0 Å². The van der Waals surface area contributed by atoms with E-state index in [1.165, 1.54) is 24.2 Å². The quantitative estimate of drug-likeness (QED) is 0.869. The molecule has 2 fully saturated rings. The summed E-state index contributed by atoms with van der Waals surface area (Å²) < 4.78 is 0. The van der Waals surface area contributed by atoms with Gasteiger partial charge in [-0.15, -0.1) is 11.3 Å². The van der Waals surface area contributed by atoms with Gasteiger partial charge in [-0.2, -0.15) is 5.26 Å². The van der Waals surface area contributed by atoms with Crippen molar-refractivity contribution in [2.75, 3.05) is 18.4 Å². The Labute approximate surface area is 153 Å². The predicted molar refractivity (Wildman–Crippen MR) is 98.6 cm³/mol. The van der Waals surface area contributed by atoms with Gasteiger partial charge in [-0.3, -0.25) is 9.59 Å². The molecule has 2 bridgehead atoms. The van der Waals surface area contributed by atoms with E-state index in [1.807, 2.05) is 13.8 Å². The molecule has 2 aliphatic rings. The summed E-state index contributed by atoms with van der Waals surface area (Å²) in [5.41, 5.74) is 1.10. The fraction of sp³-hybridized carbons (Fsp3) is 0.632. The van der Waals surface area contributed by atoms with E-state index in [0.29, 0.717) is 45.9 Å². The zero-order chi connectivity index (χ0) is 18.1. The Kier molecular flexibility index (Phi) is 5.14. The molecular formula is C19H25N3O2S. The van der Waals surface area contributed by atoms with Crippen molar-refractivity contribution in [2.45, 2.75) is 46.5 Å². The summed E-state index contributed by atoms with van der Waals surface area (Å²) in [5.74, 6) is 1.21. The number of carbonyl (C=O) groups excluding carboxylic acids is 2. The fourth-order valence-corrected chi connectivity index (χ4v) is 5.49. The first-order valence-electron chi connectivity index (χ1n) is 9.13. The first-order chi connectivity index (χ1) is 12.0. The van der Waals surface area contributed by atoms with Crippen molar-refractivity contribution in [2.24, 2.45) is 17.8 Å². The standard InChI is InChI=1S/C19H25N3O2S/c1-4-22(5-2)19(24)16-11(3)15(10-20)18(25-16)21-17(23)14-9-12-6-7-13(14)8-12/h12-14H,4-9H2,1-3H3,(H,21,23). The van der Waals surface area contributed by atoms with Gasteiger partial charge in [-0.05, 0) is 57.4 Å². The van der Waals surface area contributed by atoms with E-state index in [9.17, 15) is 14.9 Å². The largest absolute Gasteiger partial charge is 0.338 e. The smallest absolute Gasteiger partial charge is 0.264 e. The third-order valence-corrected chi connectivity index (χ3v) is 7.01. The highest BCUT2D eigenvalue weighted by atomic mass is 32.1. The van der Waals surface area contributed by atoms with Gasteiger partial charge in [0.1, 0.15) is 11.1 Å². The zero-order valence-corrected chi connectivity index (χ0v) is 15.9. The monoisotopic (exact) mass is 359 g/mol.